The van der Waals surface area contributed by atoms with Crippen LogP contribution in [0.3, 0.4) is 0 Å². The molecule has 12 heavy (non-hydrogen) atoms. The molecule has 0 aromatic rings. The normalized spacial score (nSPS) is 13.2. The van der Waals surface area contributed by atoms with Crippen molar-refractivity contribution in [3.63, 3.8) is 0 Å². The highest BCUT2D eigenvalue weighted by atomic mass is 16.3. The van der Waals surface area contributed by atoms with Gasteiger partial charge < -0.3 is 0 Å². The Morgan fingerprint density at radius 3 is 2.17 bits per heavy atom. The van der Waals surface area contributed by atoms with Crippen LogP contribution in [0.5, 0.6) is 0 Å². The molecule has 0 aliphatic heterocycles. The van der Waals surface area contributed by atoms with E-state index in [4.69, 9.17) is 0 Å². The molecule has 73 valence electrons. The van der Waals surface area contributed by atoms with E-state index in [1.54, 1.807) is 0 Å². The summed E-state index contributed by atoms with van der Waals surface area (Å²) in [6.45, 7) is 4.55. The molecule has 1 nitrogen and oxygen atoms in total. The minimum absolute atomic E-state index is 0.122. The second kappa shape index (κ2) is 9.05. The molecule has 0 saturated carbocycles. The van der Waals surface area contributed by atoms with Gasteiger partial charge >= 0.3 is 0 Å². The average Bonchev–Trinajstić information content (AvgIpc) is 2.06. The summed E-state index contributed by atoms with van der Waals surface area (Å²) < 4.78 is 0. The van der Waals surface area contributed by atoms with Crippen LogP contribution < -0.4 is 0 Å². The SMILES string of the molecule is CCCCCC(CCC)CC[O]. The van der Waals surface area contributed by atoms with Gasteiger partial charge in [0.25, 0.3) is 0 Å². The average molecular weight is 171 g/mol. The van der Waals surface area contributed by atoms with Crippen molar-refractivity contribution < 1.29 is 5.11 Å². The predicted octanol–water partition coefficient (Wildman–Crippen LogP) is 3.80. The van der Waals surface area contributed by atoms with Crippen molar-refractivity contribution in [3.05, 3.63) is 0 Å². The van der Waals surface area contributed by atoms with E-state index < -0.39 is 0 Å². The number of hydrogen-bond acceptors (Lipinski definition) is 0. The number of hydrogen-bond donors (Lipinski definition) is 0. The molecule has 1 heteroatoms. The molecule has 0 heterocycles. The Labute approximate surface area is 77.2 Å². The van der Waals surface area contributed by atoms with E-state index >= 15 is 0 Å². The van der Waals surface area contributed by atoms with Crippen LogP contribution in [0, 0.1) is 5.92 Å². The van der Waals surface area contributed by atoms with Gasteiger partial charge in [0.1, 0.15) is 0 Å². The summed E-state index contributed by atoms with van der Waals surface area (Å²) in [4.78, 5) is 0. The number of unbranched alkanes of at least 4 members (excludes halogenated alkanes) is 2. The predicted molar refractivity (Wildman–Crippen MR) is 52.7 cm³/mol. The van der Waals surface area contributed by atoms with E-state index in [9.17, 15) is 5.11 Å². The van der Waals surface area contributed by atoms with Gasteiger partial charge in [-0.05, 0) is 12.3 Å². The Bertz CT molecular complexity index is 75.1. The van der Waals surface area contributed by atoms with Crippen molar-refractivity contribution in [2.24, 2.45) is 5.92 Å². The standard InChI is InChI=1S/C11H23O/c1-3-5-6-8-11(7-4-2)9-10-12/h11H,3-10H2,1-2H3. The summed E-state index contributed by atoms with van der Waals surface area (Å²) >= 11 is 0. The van der Waals surface area contributed by atoms with E-state index in [1.165, 1.54) is 38.5 Å². The molecule has 1 radical (unpaired) electrons. The van der Waals surface area contributed by atoms with E-state index in [0.29, 0.717) is 0 Å². The van der Waals surface area contributed by atoms with Crippen LogP contribution in [0.15, 0.2) is 0 Å². The van der Waals surface area contributed by atoms with Crippen molar-refractivity contribution >= 4 is 0 Å². The molecule has 0 aliphatic carbocycles. The molecule has 0 amide bonds. The fourth-order valence-corrected chi connectivity index (χ4v) is 1.69. The van der Waals surface area contributed by atoms with Gasteiger partial charge in [-0.3, -0.25) is 0 Å². The lowest BCUT2D eigenvalue weighted by Gasteiger charge is -2.13. The zero-order chi connectivity index (χ0) is 9.23. The van der Waals surface area contributed by atoms with Gasteiger partial charge in [0.05, 0.1) is 6.61 Å². The second-order valence-corrected chi connectivity index (χ2v) is 3.64. The third-order valence-electron chi connectivity index (χ3n) is 2.44. The Balaban J connectivity index is 3.34. The first-order chi connectivity index (χ1) is 5.85. The number of rotatable bonds is 8. The van der Waals surface area contributed by atoms with E-state index in [1.807, 2.05) is 0 Å². The largest absolute Gasteiger partial charge is 0.237 e. The van der Waals surface area contributed by atoms with Crippen LogP contribution in [0.25, 0.3) is 0 Å². The maximum atomic E-state index is 10.4. The molecule has 0 aromatic heterocycles. The lowest BCUT2D eigenvalue weighted by molar-refractivity contribution is 0.164. The van der Waals surface area contributed by atoms with Gasteiger partial charge in [0.2, 0.25) is 0 Å². The molecular weight excluding hydrogens is 148 g/mol. The van der Waals surface area contributed by atoms with Crippen molar-refractivity contribution in [2.45, 2.75) is 58.8 Å². The van der Waals surface area contributed by atoms with E-state index in [2.05, 4.69) is 13.8 Å². The smallest absolute Gasteiger partial charge is 0.0825 e. The van der Waals surface area contributed by atoms with Crippen LogP contribution >= 0.6 is 0 Å². The van der Waals surface area contributed by atoms with Crippen LogP contribution in [-0.2, 0) is 5.11 Å². The van der Waals surface area contributed by atoms with Crippen molar-refractivity contribution in [1.29, 1.82) is 0 Å². The Kier molecular flexibility index (Phi) is 9.02. The van der Waals surface area contributed by atoms with Crippen LogP contribution in [-0.4, -0.2) is 6.61 Å². The second-order valence-electron chi connectivity index (χ2n) is 3.64. The Morgan fingerprint density at radius 1 is 0.917 bits per heavy atom. The molecular formula is C11H23O. The minimum Gasteiger partial charge on any atom is -0.237 e. The van der Waals surface area contributed by atoms with Crippen LogP contribution in [0.4, 0.5) is 0 Å². The highest BCUT2D eigenvalue weighted by Crippen LogP contribution is 2.18. The Morgan fingerprint density at radius 2 is 1.67 bits per heavy atom. The summed E-state index contributed by atoms with van der Waals surface area (Å²) in [5, 5.41) is 10.4. The van der Waals surface area contributed by atoms with Gasteiger partial charge in [-0.25, -0.2) is 5.11 Å². The maximum Gasteiger partial charge on any atom is 0.0825 e. The monoisotopic (exact) mass is 171 g/mol. The zero-order valence-corrected chi connectivity index (χ0v) is 8.64. The highest BCUT2D eigenvalue weighted by Gasteiger charge is 2.06. The lowest BCUT2D eigenvalue weighted by atomic mass is 9.94. The molecule has 0 aromatic carbocycles. The molecule has 0 bridgehead atoms. The molecule has 0 saturated heterocycles. The quantitative estimate of drug-likeness (QED) is 0.495. The third-order valence-corrected chi connectivity index (χ3v) is 2.44. The van der Waals surface area contributed by atoms with Gasteiger partial charge in [0.15, 0.2) is 0 Å². The lowest BCUT2D eigenvalue weighted by Crippen LogP contribution is -2.02. The fraction of sp³-hybridized carbons (Fsp3) is 1.00. The zero-order valence-electron chi connectivity index (χ0n) is 8.64. The highest BCUT2D eigenvalue weighted by molar-refractivity contribution is 4.58. The Hall–Kier alpha value is -0.0400. The first-order valence-corrected chi connectivity index (χ1v) is 5.43. The fourth-order valence-electron chi connectivity index (χ4n) is 1.69. The minimum atomic E-state index is 0.122. The van der Waals surface area contributed by atoms with Gasteiger partial charge in [-0.15, -0.1) is 0 Å². The summed E-state index contributed by atoms with van der Waals surface area (Å²) in [7, 11) is 0. The van der Waals surface area contributed by atoms with Gasteiger partial charge in [-0.1, -0.05) is 52.4 Å². The molecule has 0 aliphatic rings. The van der Waals surface area contributed by atoms with E-state index in [0.717, 1.165) is 12.3 Å². The van der Waals surface area contributed by atoms with E-state index in [-0.39, 0.29) is 6.61 Å². The summed E-state index contributed by atoms with van der Waals surface area (Å²) in [5.74, 6) is 0.721. The van der Waals surface area contributed by atoms with Crippen LogP contribution in [0.2, 0.25) is 0 Å². The third kappa shape index (κ3) is 6.66. The van der Waals surface area contributed by atoms with Crippen molar-refractivity contribution in [3.8, 4) is 0 Å². The molecule has 1 unspecified atom stereocenters. The first kappa shape index (κ1) is 12.0. The molecule has 1 atom stereocenters. The molecule has 0 rings (SSSR count). The van der Waals surface area contributed by atoms with Crippen molar-refractivity contribution in [2.75, 3.05) is 6.61 Å². The summed E-state index contributed by atoms with van der Waals surface area (Å²) in [6.07, 6.45) is 8.61. The van der Waals surface area contributed by atoms with Crippen molar-refractivity contribution in [1.82, 2.24) is 0 Å². The first-order valence-electron chi connectivity index (χ1n) is 5.43. The summed E-state index contributed by atoms with van der Waals surface area (Å²) in [5.41, 5.74) is 0. The topological polar surface area (TPSA) is 19.9 Å². The molecule has 0 fully saturated rings. The molecule has 0 spiro atoms. The van der Waals surface area contributed by atoms with Gasteiger partial charge in [-0.2, -0.15) is 0 Å². The molecule has 0 N–H and O–H groups in total. The van der Waals surface area contributed by atoms with Gasteiger partial charge in [0, 0.05) is 0 Å². The summed E-state index contributed by atoms with van der Waals surface area (Å²) in [6, 6.07) is 0. The maximum absolute atomic E-state index is 10.4. The van der Waals surface area contributed by atoms with Crippen LogP contribution in [0.1, 0.15) is 58.8 Å².